The molecule has 6 aliphatic rings. The van der Waals surface area contributed by atoms with Gasteiger partial charge in [0, 0.05) is 104 Å². The lowest BCUT2D eigenvalue weighted by molar-refractivity contribution is -0.0113. The Hall–Kier alpha value is -3.70. The number of carbonyl (C=O) groups excluding carboxylic acids is 1. The molecule has 602 valence electrons. The molecule has 3 aromatic rings. The molecule has 2 aromatic carbocycles. The molecule has 6 fully saturated rings. The van der Waals surface area contributed by atoms with Crippen LogP contribution in [-0.4, -0.2) is 235 Å². The van der Waals surface area contributed by atoms with Crippen LogP contribution < -0.4 is 9.47 Å². The monoisotopic (exact) mass is 1450 g/mol. The molecule has 6 aliphatic heterocycles. The van der Waals surface area contributed by atoms with E-state index in [-0.39, 0.29) is 11.4 Å². The number of rotatable bonds is 12. The SMILES string of the molecule is CC(C)(C)CN1CCCC(c2cccnc2)C1.CC(C)(C)CN1CCCC1.CC(C)(C)CN1CCCCC1.CC(C)(C)CN1CCCCCC1.CN(C)CC(C)(C)C.CN1CCN(CC(C)(C)C)CC1.COc1ccc(C(N2CCOCC2)C(C)(C)C)cc1.COc1ccccc1C(=O)OC(C)(C)C. The molecule has 6 saturated heterocycles. The molecule has 7 heterocycles. The van der Waals surface area contributed by atoms with Gasteiger partial charge in [0.05, 0.1) is 27.4 Å². The standard InChI is InChI=1S/C16H25NO2.C15H24N2.C12H16O3.C11H23N.C10H22N2.C10H21N.C9H19N.C7H17N/c1-16(2,3)15(17-9-11-19-12-10-17)13-5-7-14(18-4)8-6-13;1-15(2,3)12-17-9-5-7-14(11-17)13-6-4-8-16-10-13;1-12(2,3)15-11(13)9-7-5-6-8-10(9)14-4;1-11(2,3)10-12-8-6-4-5-7-9-12;1-10(2,3)9-12-7-5-11(4)6-8-12;1-10(2,3)9-11-7-5-4-6-8-11;1-9(2,3)8-10-6-4-5-7-10;1-7(2,3)6-8(4)5/h5-8,15H,9-12H2,1-4H3;4,6,8,10,14H,5,7,9,11-12H2,1-3H3;5-8H,1-4H3;4-10H2,1-3H3;5-9H2,1-4H3;4-9H2,1-3H3;4-8H2,1-3H3;6H2,1-5H3. The maximum absolute atomic E-state index is 11.7. The van der Waals surface area contributed by atoms with Crippen molar-refractivity contribution >= 4 is 5.97 Å². The summed E-state index contributed by atoms with van der Waals surface area (Å²) in [5, 5.41) is 0. The van der Waals surface area contributed by atoms with Crippen LogP contribution in [0.2, 0.25) is 0 Å². The quantitative estimate of drug-likeness (QED) is 0.161. The van der Waals surface area contributed by atoms with Crippen molar-refractivity contribution in [3.63, 3.8) is 0 Å². The second-order valence-corrected chi connectivity index (χ2v) is 40.4. The van der Waals surface area contributed by atoms with Crippen LogP contribution in [0.4, 0.5) is 0 Å². The highest BCUT2D eigenvalue weighted by Gasteiger charge is 2.33. The zero-order valence-corrected chi connectivity index (χ0v) is 73.5. The zero-order chi connectivity index (χ0) is 78.6. The van der Waals surface area contributed by atoms with Crippen LogP contribution in [0.5, 0.6) is 11.5 Å². The number of hydrogen-bond acceptors (Lipinski definition) is 14. The number of piperidine rings is 2. The van der Waals surface area contributed by atoms with Gasteiger partial charge in [0.1, 0.15) is 22.7 Å². The summed E-state index contributed by atoms with van der Waals surface area (Å²) < 4.78 is 21.0. The highest BCUT2D eigenvalue weighted by molar-refractivity contribution is 5.92. The summed E-state index contributed by atoms with van der Waals surface area (Å²) in [6, 6.07) is 20.2. The highest BCUT2D eigenvalue weighted by atomic mass is 16.6. The lowest BCUT2D eigenvalue weighted by atomic mass is 9.81. The average molecular weight is 1460 g/mol. The number of esters is 1. The number of methoxy groups -OCH3 is 2. The highest BCUT2D eigenvalue weighted by Crippen LogP contribution is 2.39. The van der Waals surface area contributed by atoms with Gasteiger partial charge in [0.25, 0.3) is 0 Å². The van der Waals surface area contributed by atoms with E-state index in [0.717, 1.165) is 38.6 Å². The smallest absolute Gasteiger partial charge is 0.342 e. The second-order valence-electron chi connectivity index (χ2n) is 40.4. The van der Waals surface area contributed by atoms with Gasteiger partial charge in [-0.2, -0.15) is 0 Å². The van der Waals surface area contributed by atoms with Gasteiger partial charge in [-0.05, 0) is 224 Å². The summed E-state index contributed by atoms with van der Waals surface area (Å²) in [6.45, 7) is 80.4. The van der Waals surface area contributed by atoms with Crippen molar-refractivity contribution in [2.75, 3.05) is 179 Å². The van der Waals surface area contributed by atoms with Crippen LogP contribution >= 0.6 is 0 Å². The Morgan fingerprint density at radius 2 is 0.894 bits per heavy atom. The minimum atomic E-state index is -0.488. The number of likely N-dealkylation sites (tertiary alicyclic amines) is 4. The van der Waals surface area contributed by atoms with Crippen LogP contribution in [0.15, 0.2) is 73.1 Å². The van der Waals surface area contributed by atoms with Gasteiger partial charge in [-0.25, -0.2) is 4.79 Å². The largest absolute Gasteiger partial charge is 0.497 e. The molecule has 0 radical (unpaired) electrons. The Labute approximate surface area is 643 Å². The molecule has 2 atom stereocenters. The summed E-state index contributed by atoms with van der Waals surface area (Å²) in [5.74, 6) is 1.77. The number of nitrogens with zero attached hydrogens (tertiary/aromatic N) is 9. The number of para-hydroxylation sites is 1. The van der Waals surface area contributed by atoms with E-state index in [1.54, 1.807) is 25.3 Å². The lowest BCUT2D eigenvalue weighted by Crippen LogP contribution is -2.47. The summed E-state index contributed by atoms with van der Waals surface area (Å²) in [4.78, 5) is 36.1. The number of carbonyl (C=O) groups is 1. The van der Waals surface area contributed by atoms with Crippen LogP contribution in [0.1, 0.15) is 270 Å². The van der Waals surface area contributed by atoms with Crippen LogP contribution in [0.25, 0.3) is 0 Å². The predicted molar refractivity (Wildman–Crippen MR) is 448 cm³/mol. The van der Waals surface area contributed by atoms with Crippen LogP contribution in [-0.2, 0) is 9.47 Å². The normalized spacial score (nSPS) is 19.4. The Morgan fingerprint density at radius 3 is 1.27 bits per heavy atom. The van der Waals surface area contributed by atoms with Crippen molar-refractivity contribution in [2.45, 2.75) is 254 Å². The van der Waals surface area contributed by atoms with E-state index in [2.05, 4.69) is 247 Å². The maximum Gasteiger partial charge on any atom is 0.342 e. The molecule has 1 aromatic heterocycles. The topological polar surface area (TPSA) is 92.8 Å². The first-order valence-corrected chi connectivity index (χ1v) is 40.8. The van der Waals surface area contributed by atoms with Crippen LogP contribution in [0.3, 0.4) is 0 Å². The number of aromatic nitrogens is 1. The zero-order valence-electron chi connectivity index (χ0n) is 73.5. The summed E-state index contributed by atoms with van der Waals surface area (Å²) in [6.07, 6.45) is 19.3. The minimum Gasteiger partial charge on any atom is -0.497 e. The van der Waals surface area contributed by atoms with E-state index in [4.69, 9.17) is 18.9 Å². The van der Waals surface area contributed by atoms with Gasteiger partial charge in [0.2, 0.25) is 0 Å². The Bertz CT molecular complexity index is 2630. The Morgan fingerprint density at radius 1 is 0.481 bits per heavy atom. The maximum atomic E-state index is 11.7. The molecular weight excluding hydrogens is 1290 g/mol. The van der Waals surface area contributed by atoms with E-state index in [1.807, 2.05) is 39.2 Å². The molecule has 2 unspecified atom stereocenters. The molecule has 0 bridgehead atoms. The third-order valence-electron chi connectivity index (χ3n) is 18.3. The fraction of sp³-hybridized carbons (Fsp3) is 0.800. The molecular formula is C90H167N9O5. The van der Waals surface area contributed by atoms with Gasteiger partial charge >= 0.3 is 5.97 Å². The van der Waals surface area contributed by atoms with Crippen molar-refractivity contribution in [3.05, 3.63) is 89.7 Å². The van der Waals surface area contributed by atoms with Gasteiger partial charge in [-0.15, -0.1) is 0 Å². The summed E-state index contributed by atoms with van der Waals surface area (Å²) in [5.41, 5.74) is 5.68. The lowest BCUT2D eigenvalue weighted by Gasteiger charge is -2.42. The number of piperazine rings is 1. The van der Waals surface area contributed by atoms with E-state index < -0.39 is 5.60 Å². The number of pyridine rings is 1. The fourth-order valence-electron chi connectivity index (χ4n) is 14.8. The van der Waals surface area contributed by atoms with Gasteiger partial charge in [-0.3, -0.25) is 9.88 Å². The number of likely N-dealkylation sites (N-methyl/N-ethyl adjacent to an activating group) is 1. The molecule has 9 rings (SSSR count). The number of morpholine rings is 1. The van der Waals surface area contributed by atoms with Crippen LogP contribution in [0, 0.1) is 37.9 Å². The number of hydrogen-bond donors (Lipinski definition) is 0. The molecule has 104 heavy (non-hydrogen) atoms. The van der Waals surface area contributed by atoms with Crippen molar-refractivity contribution in [1.82, 2.24) is 44.2 Å². The van der Waals surface area contributed by atoms with Gasteiger partial charge < -0.3 is 53.2 Å². The number of ether oxygens (including phenoxy) is 4. The molecule has 0 aliphatic carbocycles. The first-order valence-electron chi connectivity index (χ1n) is 40.8. The minimum absolute atomic E-state index is 0.200. The number of benzene rings is 2. The van der Waals surface area contributed by atoms with Crippen molar-refractivity contribution < 1.29 is 23.7 Å². The molecule has 0 spiro atoms. The third kappa shape index (κ3) is 48.7. The second kappa shape index (κ2) is 47.4. The van der Waals surface area contributed by atoms with Crippen molar-refractivity contribution in [2.24, 2.45) is 37.9 Å². The summed E-state index contributed by atoms with van der Waals surface area (Å²) in [7, 11) is 9.65. The Kier molecular flexibility index (Phi) is 43.9. The molecule has 0 saturated carbocycles. The molecule has 0 N–H and O–H groups in total. The predicted octanol–water partition coefficient (Wildman–Crippen LogP) is 19.5. The molecule has 14 heteroatoms. The van der Waals surface area contributed by atoms with E-state index in [0.29, 0.717) is 55.8 Å². The van der Waals surface area contributed by atoms with E-state index in [9.17, 15) is 4.79 Å². The fourth-order valence-corrected chi connectivity index (χ4v) is 14.8. The van der Waals surface area contributed by atoms with Gasteiger partial charge in [-0.1, -0.05) is 195 Å². The first kappa shape index (κ1) is 96.4. The average Bonchev–Trinajstić information content (AvgIpc) is 0.955. The summed E-state index contributed by atoms with van der Waals surface area (Å²) >= 11 is 0. The van der Waals surface area contributed by atoms with E-state index >= 15 is 0 Å². The van der Waals surface area contributed by atoms with Gasteiger partial charge in [0.15, 0.2) is 0 Å². The molecule has 14 nitrogen and oxygen atoms in total. The van der Waals surface area contributed by atoms with Crippen molar-refractivity contribution in [3.8, 4) is 11.5 Å². The first-order chi connectivity index (χ1) is 48.1. The Balaban J connectivity index is 0.000000409. The van der Waals surface area contributed by atoms with Crippen molar-refractivity contribution in [1.29, 1.82) is 0 Å². The molecule has 0 amide bonds. The van der Waals surface area contributed by atoms with E-state index in [1.165, 1.54) is 200 Å². The third-order valence-corrected chi connectivity index (χ3v) is 18.3.